The van der Waals surface area contributed by atoms with E-state index in [1.807, 2.05) is 0 Å². The van der Waals surface area contributed by atoms with E-state index in [1.54, 1.807) is 13.8 Å². The van der Waals surface area contributed by atoms with E-state index in [0.29, 0.717) is 11.7 Å². The first kappa shape index (κ1) is 30.4. The van der Waals surface area contributed by atoms with Crippen LogP contribution in [0.1, 0.15) is 106 Å². The van der Waals surface area contributed by atoms with Gasteiger partial charge in [-0.05, 0) is 69.7 Å². The van der Waals surface area contributed by atoms with Crippen LogP contribution in [0.3, 0.4) is 0 Å². The first-order valence-electron chi connectivity index (χ1n) is 12.6. The molecule has 0 bridgehead atoms. The molecule has 0 fully saturated rings. The van der Waals surface area contributed by atoms with Crippen molar-refractivity contribution in [1.29, 1.82) is 0 Å². The van der Waals surface area contributed by atoms with Gasteiger partial charge in [-0.15, -0.1) is 0 Å². The lowest BCUT2D eigenvalue weighted by Gasteiger charge is -2.42. The maximum atomic E-state index is 12.7. The smallest absolute Gasteiger partial charge is 0.416 e. The maximum absolute atomic E-state index is 12.7. The normalized spacial score (nSPS) is 13.9. The van der Waals surface area contributed by atoms with E-state index in [9.17, 15) is 13.2 Å². The molecule has 2 nitrogen and oxygen atoms in total. The summed E-state index contributed by atoms with van der Waals surface area (Å²) in [4.78, 5) is 0. The highest BCUT2D eigenvalue weighted by atomic mass is 19.4. The van der Waals surface area contributed by atoms with E-state index >= 15 is 0 Å². The molecule has 1 aromatic rings. The largest absolute Gasteiger partial charge is 0.475 e. The van der Waals surface area contributed by atoms with Crippen molar-refractivity contribution in [1.82, 2.24) is 0 Å². The van der Waals surface area contributed by atoms with Gasteiger partial charge in [-0.1, -0.05) is 78.1 Å². The molecule has 0 aliphatic heterocycles. The molecule has 0 aliphatic carbocycles. The number of halogens is 3. The summed E-state index contributed by atoms with van der Waals surface area (Å²) in [7, 11) is 0. The van der Waals surface area contributed by atoms with Crippen molar-refractivity contribution in [3.63, 3.8) is 0 Å². The molecular weight excluding hydrogens is 437 g/mol. The number of unbranched alkanes of at least 4 members (excludes halogenated alkanes) is 5. The van der Waals surface area contributed by atoms with Crippen LogP contribution in [0.5, 0.6) is 5.75 Å². The molecule has 1 unspecified atom stereocenters. The van der Waals surface area contributed by atoms with Crippen molar-refractivity contribution in [3.05, 3.63) is 29.8 Å². The standard InChI is InChI=1S/C29H45F3O2/c1-9-10-11-12-13-14-16-25(26(2,3)4)28(7,8)33-22-15-21-27(5,6)34-24-19-17-23(18-20-24)29(30,31)32/h17-20,25H,9-14,16,22H2,1-8H3. The van der Waals surface area contributed by atoms with Crippen molar-refractivity contribution in [2.24, 2.45) is 11.3 Å². The van der Waals surface area contributed by atoms with Crippen LogP contribution in [-0.4, -0.2) is 17.8 Å². The minimum atomic E-state index is -4.36. The highest BCUT2D eigenvalue weighted by Gasteiger charge is 2.38. The van der Waals surface area contributed by atoms with E-state index in [0.717, 1.165) is 18.6 Å². The van der Waals surface area contributed by atoms with Crippen molar-refractivity contribution >= 4 is 0 Å². The first-order valence-corrected chi connectivity index (χ1v) is 12.6. The van der Waals surface area contributed by atoms with Crippen molar-refractivity contribution < 1.29 is 22.6 Å². The number of ether oxygens (including phenoxy) is 2. The number of rotatable bonds is 12. The van der Waals surface area contributed by atoms with Gasteiger partial charge in [0.1, 0.15) is 12.4 Å². The zero-order chi connectivity index (χ0) is 26.0. The van der Waals surface area contributed by atoms with E-state index in [1.165, 1.54) is 50.7 Å². The summed E-state index contributed by atoms with van der Waals surface area (Å²) in [5, 5.41) is 0. The van der Waals surface area contributed by atoms with E-state index in [-0.39, 0.29) is 17.6 Å². The Morgan fingerprint density at radius 3 is 1.91 bits per heavy atom. The number of alkyl halides is 3. The number of hydrogen-bond donors (Lipinski definition) is 0. The Hall–Kier alpha value is -1.67. The third-order valence-electron chi connectivity index (χ3n) is 6.19. The van der Waals surface area contributed by atoms with Crippen molar-refractivity contribution in [2.45, 2.75) is 118 Å². The summed E-state index contributed by atoms with van der Waals surface area (Å²) in [6.07, 6.45) is 4.42. The topological polar surface area (TPSA) is 18.5 Å². The fourth-order valence-electron chi connectivity index (χ4n) is 4.56. The van der Waals surface area contributed by atoms with Crippen LogP contribution in [0.4, 0.5) is 13.2 Å². The minimum Gasteiger partial charge on any atom is -0.475 e. The van der Waals surface area contributed by atoms with Crippen LogP contribution in [0.15, 0.2) is 24.3 Å². The van der Waals surface area contributed by atoms with E-state index in [2.05, 4.69) is 53.4 Å². The molecule has 0 N–H and O–H groups in total. The van der Waals surface area contributed by atoms with Gasteiger partial charge in [-0.25, -0.2) is 0 Å². The molecule has 0 saturated heterocycles. The molecule has 0 saturated carbocycles. The van der Waals surface area contributed by atoms with Crippen LogP contribution in [0, 0.1) is 23.2 Å². The third-order valence-corrected chi connectivity index (χ3v) is 6.19. The molecule has 1 rings (SSSR count). The highest BCUT2D eigenvalue weighted by molar-refractivity contribution is 5.30. The number of benzene rings is 1. The van der Waals surface area contributed by atoms with Crippen LogP contribution in [0.2, 0.25) is 0 Å². The molecule has 34 heavy (non-hydrogen) atoms. The lowest BCUT2D eigenvalue weighted by atomic mass is 9.69. The molecule has 0 spiro atoms. The first-order chi connectivity index (χ1) is 15.6. The SMILES string of the molecule is CCCCCCCCC(C(C)(C)C)C(C)(C)OCC#CC(C)(C)Oc1ccc(C(F)(F)F)cc1. The van der Waals surface area contributed by atoms with Gasteiger partial charge in [0.15, 0.2) is 5.60 Å². The molecule has 0 radical (unpaired) electrons. The number of hydrogen-bond acceptors (Lipinski definition) is 2. The third kappa shape index (κ3) is 11.2. The fourth-order valence-corrected chi connectivity index (χ4v) is 4.56. The van der Waals surface area contributed by atoms with Gasteiger partial charge in [-0.3, -0.25) is 0 Å². The summed E-state index contributed by atoms with van der Waals surface area (Å²) in [5.74, 6) is 6.85. The van der Waals surface area contributed by atoms with Crippen LogP contribution in [0.25, 0.3) is 0 Å². The quantitative estimate of drug-likeness (QED) is 0.218. The highest BCUT2D eigenvalue weighted by Crippen LogP contribution is 2.40. The van der Waals surface area contributed by atoms with Gasteiger partial charge in [0, 0.05) is 0 Å². The summed E-state index contributed by atoms with van der Waals surface area (Å²) < 4.78 is 50.3. The Balaban J connectivity index is 2.67. The summed E-state index contributed by atoms with van der Waals surface area (Å²) in [5.41, 5.74) is -1.76. The predicted octanol–water partition coefficient (Wildman–Crippen LogP) is 9.07. The predicted molar refractivity (Wildman–Crippen MR) is 135 cm³/mol. The summed E-state index contributed by atoms with van der Waals surface area (Å²) in [6, 6.07) is 4.67. The van der Waals surface area contributed by atoms with E-state index in [4.69, 9.17) is 9.47 Å². The molecule has 194 valence electrons. The maximum Gasteiger partial charge on any atom is 0.416 e. The minimum absolute atomic E-state index is 0.116. The molecule has 0 aliphatic rings. The van der Waals surface area contributed by atoms with Gasteiger partial charge in [0.25, 0.3) is 0 Å². The van der Waals surface area contributed by atoms with Crippen molar-refractivity contribution in [2.75, 3.05) is 6.61 Å². The molecule has 1 aromatic carbocycles. The van der Waals surface area contributed by atoms with Gasteiger partial charge in [-0.2, -0.15) is 13.2 Å². The molecule has 0 aromatic heterocycles. The van der Waals surface area contributed by atoms with Crippen LogP contribution < -0.4 is 4.74 Å². The molecule has 5 heteroatoms. The zero-order valence-corrected chi connectivity index (χ0v) is 22.5. The van der Waals surface area contributed by atoms with Gasteiger partial charge in [0.2, 0.25) is 0 Å². The second-order valence-electron chi connectivity index (χ2n) is 11.3. The van der Waals surface area contributed by atoms with Gasteiger partial charge in [0.05, 0.1) is 11.2 Å². The second kappa shape index (κ2) is 12.9. The average Bonchev–Trinajstić information content (AvgIpc) is 2.69. The summed E-state index contributed by atoms with van der Waals surface area (Å²) >= 11 is 0. The molecule has 0 amide bonds. The molecule has 1 atom stereocenters. The Labute approximate surface area is 206 Å². The summed E-state index contributed by atoms with van der Waals surface area (Å²) in [6.45, 7) is 17.2. The van der Waals surface area contributed by atoms with Gasteiger partial charge >= 0.3 is 6.18 Å². The monoisotopic (exact) mass is 482 g/mol. The lowest BCUT2D eigenvalue weighted by Crippen LogP contribution is -2.42. The van der Waals surface area contributed by atoms with Crippen LogP contribution >= 0.6 is 0 Å². The molecular formula is C29H45F3O2. The average molecular weight is 483 g/mol. The lowest BCUT2D eigenvalue weighted by molar-refractivity contribution is -0.137. The van der Waals surface area contributed by atoms with Gasteiger partial charge < -0.3 is 9.47 Å². The van der Waals surface area contributed by atoms with Crippen molar-refractivity contribution in [3.8, 4) is 17.6 Å². The Kier molecular flexibility index (Phi) is 11.5. The van der Waals surface area contributed by atoms with E-state index < -0.39 is 17.3 Å². The second-order valence-corrected chi connectivity index (χ2v) is 11.3. The Bertz CT molecular complexity index is 775. The molecule has 0 heterocycles. The Morgan fingerprint density at radius 2 is 1.38 bits per heavy atom. The zero-order valence-electron chi connectivity index (χ0n) is 22.5. The Morgan fingerprint density at radius 1 is 0.824 bits per heavy atom. The van der Waals surface area contributed by atoms with Crippen LogP contribution in [-0.2, 0) is 10.9 Å². The fraction of sp³-hybridized carbons (Fsp3) is 0.724.